The molecule has 0 bridgehead atoms. The van der Waals surface area contributed by atoms with Crippen molar-refractivity contribution in [2.75, 3.05) is 13.2 Å². The number of pyridine rings is 1. The van der Waals surface area contributed by atoms with Crippen LogP contribution < -0.4 is 0 Å². The second kappa shape index (κ2) is 6.45. The van der Waals surface area contributed by atoms with E-state index in [9.17, 15) is 9.50 Å². The van der Waals surface area contributed by atoms with E-state index in [0.29, 0.717) is 24.2 Å². The van der Waals surface area contributed by atoms with Crippen molar-refractivity contribution in [1.29, 1.82) is 0 Å². The van der Waals surface area contributed by atoms with E-state index in [1.54, 1.807) is 25.1 Å². The van der Waals surface area contributed by atoms with Crippen LogP contribution in [0.25, 0.3) is 21.9 Å². The zero-order valence-electron chi connectivity index (χ0n) is 15.1. The number of fused-ring (bicyclic) bond motifs is 1. The molecule has 0 spiro atoms. The van der Waals surface area contributed by atoms with Crippen LogP contribution in [0.2, 0.25) is 0 Å². The first kappa shape index (κ1) is 14.8. The number of benzene rings is 2. The third-order valence-corrected chi connectivity index (χ3v) is 4.88. The van der Waals surface area contributed by atoms with Crippen LogP contribution in [0, 0.1) is 12.7 Å². The van der Waals surface area contributed by atoms with E-state index in [2.05, 4.69) is 4.98 Å². The predicted molar refractivity (Wildman–Crippen MR) is 96.3 cm³/mol. The number of phenols is 1. The molecule has 2 heterocycles. The lowest BCUT2D eigenvalue weighted by Gasteiger charge is -2.25. The SMILES string of the molecule is [2H]c1nc(C2CCOCC2)c(-c2ccc(F)c(C)c2)c2ccc(O)cc12. The number of halogens is 1. The topological polar surface area (TPSA) is 42.4 Å². The van der Waals surface area contributed by atoms with Crippen molar-refractivity contribution < 1.29 is 15.6 Å². The van der Waals surface area contributed by atoms with Gasteiger partial charge in [0.15, 0.2) is 0 Å². The predicted octanol–water partition coefficient (Wildman–Crippen LogP) is 4.95. The molecule has 3 aromatic rings. The van der Waals surface area contributed by atoms with Crippen molar-refractivity contribution in [3.05, 3.63) is 59.6 Å². The Balaban J connectivity index is 2.02. The fourth-order valence-corrected chi connectivity index (χ4v) is 3.53. The summed E-state index contributed by atoms with van der Waals surface area (Å²) in [5.74, 6) is 0.0626. The molecule has 4 rings (SSSR count). The second-order valence-electron chi connectivity index (χ2n) is 6.56. The number of hydrogen-bond acceptors (Lipinski definition) is 3. The molecule has 1 aliphatic rings. The van der Waals surface area contributed by atoms with Crippen LogP contribution in [0.1, 0.15) is 31.4 Å². The molecule has 4 heteroatoms. The Hall–Kier alpha value is -2.46. The van der Waals surface area contributed by atoms with E-state index >= 15 is 0 Å². The van der Waals surface area contributed by atoms with Crippen molar-refractivity contribution in [2.45, 2.75) is 25.7 Å². The highest BCUT2D eigenvalue weighted by atomic mass is 19.1. The van der Waals surface area contributed by atoms with Gasteiger partial charge in [-0.15, -0.1) is 0 Å². The fourth-order valence-electron chi connectivity index (χ4n) is 3.53. The Kier molecular flexibility index (Phi) is 3.83. The number of phenolic OH excluding ortho intramolecular Hbond substituents is 1. The molecular formula is C21H20FNO2. The van der Waals surface area contributed by atoms with Gasteiger partial charge in [-0.05, 0) is 66.6 Å². The van der Waals surface area contributed by atoms with E-state index in [1.807, 2.05) is 12.1 Å². The van der Waals surface area contributed by atoms with Crippen LogP contribution in [0.5, 0.6) is 5.75 Å². The number of hydrogen-bond donors (Lipinski definition) is 1. The summed E-state index contributed by atoms with van der Waals surface area (Å²) in [6, 6.07) is 10.1. The zero-order valence-corrected chi connectivity index (χ0v) is 14.1. The van der Waals surface area contributed by atoms with Crippen molar-refractivity contribution in [3.63, 3.8) is 0 Å². The minimum Gasteiger partial charge on any atom is -0.508 e. The summed E-state index contributed by atoms with van der Waals surface area (Å²) in [6.45, 7) is 3.09. The first-order valence-electron chi connectivity index (χ1n) is 9.02. The average Bonchev–Trinajstić information content (AvgIpc) is 2.65. The van der Waals surface area contributed by atoms with Crippen LogP contribution in [0.4, 0.5) is 4.39 Å². The Morgan fingerprint density at radius 3 is 2.76 bits per heavy atom. The zero-order chi connectivity index (χ0) is 18.3. The third kappa shape index (κ3) is 2.98. The molecule has 1 saturated heterocycles. The second-order valence-corrected chi connectivity index (χ2v) is 6.56. The lowest BCUT2D eigenvalue weighted by Crippen LogP contribution is -2.16. The van der Waals surface area contributed by atoms with Crippen molar-refractivity contribution in [1.82, 2.24) is 4.98 Å². The minimum atomic E-state index is -0.242. The number of aromatic hydroxyl groups is 1. The first-order valence-corrected chi connectivity index (χ1v) is 8.52. The molecular weight excluding hydrogens is 317 g/mol. The summed E-state index contributed by atoms with van der Waals surface area (Å²) in [4.78, 5) is 4.60. The summed E-state index contributed by atoms with van der Waals surface area (Å²) in [5, 5.41) is 11.3. The number of nitrogens with zero attached hydrogens (tertiary/aromatic N) is 1. The Labute approximate surface area is 147 Å². The number of aryl methyl sites for hydroxylation is 1. The molecule has 0 saturated carbocycles. The highest BCUT2D eigenvalue weighted by molar-refractivity contribution is 5.98. The number of aromatic nitrogens is 1. The molecule has 0 atom stereocenters. The Bertz CT molecular complexity index is 983. The van der Waals surface area contributed by atoms with Crippen LogP contribution in [0.3, 0.4) is 0 Å². The van der Waals surface area contributed by atoms with Gasteiger partial charge in [-0.3, -0.25) is 4.98 Å². The fraction of sp³-hybridized carbons (Fsp3) is 0.286. The first-order chi connectivity index (χ1) is 12.5. The molecule has 128 valence electrons. The largest absolute Gasteiger partial charge is 0.508 e. The van der Waals surface area contributed by atoms with E-state index in [0.717, 1.165) is 35.0 Å². The highest BCUT2D eigenvalue weighted by Crippen LogP contribution is 2.39. The lowest BCUT2D eigenvalue weighted by molar-refractivity contribution is 0.0846. The normalized spacial score (nSPS) is 16.2. The van der Waals surface area contributed by atoms with Crippen LogP contribution in [0.15, 0.2) is 42.6 Å². The maximum atomic E-state index is 13.8. The van der Waals surface area contributed by atoms with Crippen LogP contribution in [-0.4, -0.2) is 23.3 Å². The van der Waals surface area contributed by atoms with Gasteiger partial charge in [-0.25, -0.2) is 4.39 Å². The number of ether oxygens (including phenoxy) is 1. The highest BCUT2D eigenvalue weighted by Gasteiger charge is 2.23. The molecule has 1 N–H and O–H groups in total. The van der Waals surface area contributed by atoms with Gasteiger partial charge in [0, 0.05) is 36.3 Å². The summed E-state index contributed by atoms with van der Waals surface area (Å²) < 4.78 is 27.6. The monoisotopic (exact) mass is 338 g/mol. The van der Waals surface area contributed by atoms with Crippen LogP contribution >= 0.6 is 0 Å². The molecule has 25 heavy (non-hydrogen) atoms. The summed E-state index contributed by atoms with van der Waals surface area (Å²) in [5.41, 5.74) is 3.24. The van der Waals surface area contributed by atoms with Crippen molar-refractivity contribution in [2.24, 2.45) is 0 Å². The smallest absolute Gasteiger partial charge is 0.126 e. The molecule has 1 aliphatic heterocycles. The van der Waals surface area contributed by atoms with Gasteiger partial charge in [-0.1, -0.05) is 6.07 Å². The maximum absolute atomic E-state index is 13.8. The summed E-state index contributed by atoms with van der Waals surface area (Å²) in [7, 11) is 0. The molecule has 1 fully saturated rings. The van der Waals surface area contributed by atoms with E-state index in [-0.39, 0.29) is 23.7 Å². The van der Waals surface area contributed by atoms with Gasteiger partial charge >= 0.3 is 0 Å². The Morgan fingerprint density at radius 1 is 1.20 bits per heavy atom. The molecule has 2 aromatic carbocycles. The standard InChI is InChI=1S/C21H20FNO2/c1-13-10-15(2-5-19(13)22)20-18-4-3-17(24)11-16(18)12-23-21(20)14-6-8-25-9-7-14/h2-5,10-12,14,24H,6-9H2,1H3/i12D. The molecule has 0 radical (unpaired) electrons. The molecule has 0 amide bonds. The molecule has 1 aromatic heterocycles. The van der Waals surface area contributed by atoms with E-state index in [4.69, 9.17) is 6.11 Å². The molecule has 0 unspecified atom stereocenters. The maximum Gasteiger partial charge on any atom is 0.126 e. The molecule has 3 nitrogen and oxygen atoms in total. The Morgan fingerprint density at radius 2 is 2.00 bits per heavy atom. The van der Waals surface area contributed by atoms with Crippen molar-refractivity contribution in [3.8, 4) is 16.9 Å². The van der Waals surface area contributed by atoms with Gasteiger partial charge in [0.25, 0.3) is 0 Å². The van der Waals surface area contributed by atoms with Gasteiger partial charge < -0.3 is 9.84 Å². The van der Waals surface area contributed by atoms with E-state index in [1.165, 1.54) is 6.07 Å². The third-order valence-electron chi connectivity index (χ3n) is 4.88. The summed E-state index contributed by atoms with van der Waals surface area (Å²) in [6.07, 6.45) is 1.85. The average molecular weight is 338 g/mol. The quantitative estimate of drug-likeness (QED) is 0.719. The van der Waals surface area contributed by atoms with E-state index < -0.39 is 0 Å². The van der Waals surface area contributed by atoms with Gasteiger partial charge in [-0.2, -0.15) is 0 Å². The lowest BCUT2D eigenvalue weighted by atomic mass is 9.87. The minimum absolute atomic E-state index is 0.104. The summed E-state index contributed by atoms with van der Waals surface area (Å²) >= 11 is 0. The van der Waals surface area contributed by atoms with Crippen molar-refractivity contribution >= 4 is 10.8 Å². The van der Waals surface area contributed by atoms with Gasteiger partial charge in [0.2, 0.25) is 0 Å². The number of rotatable bonds is 2. The molecule has 0 aliphatic carbocycles. The van der Waals surface area contributed by atoms with Gasteiger partial charge in [0.05, 0.1) is 7.06 Å². The van der Waals surface area contributed by atoms with Crippen LogP contribution in [-0.2, 0) is 4.74 Å². The van der Waals surface area contributed by atoms with Gasteiger partial charge in [0.1, 0.15) is 11.6 Å².